The molecule has 0 aromatic carbocycles. The highest BCUT2D eigenvalue weighted by Crippen LogP contribution is 2.26. The van der Waals surface area contributed by atoms with Crippen molar-refractivity contribution in [3.05, 3.63) is 40.9 Å². The number of aromatic hydroxyl groups is 1. The maximum Gasteiger partial charge on any atom is 1.00 e. The molecule has 1 aliphatic rings. The van der Waals surface area contributed by atoms with Crippen LogP contribution in [0.2, 0.25) is 0 Å². The van der Waals surface area contributed by atoms with E-state index in [-0.39, 0.29) is 13.1 Å². The molecule has 2 rings (SSSR count). The average Bonchev–Trinajstić information content (AvgIpc) is 2.19. The highest BCUT2D eigenvalue weighted by Gasteiger charge is 2.16. The summed E-state index contributed by atoms with van der Waals surface area (Å²) in [4.78, 5) is 5.91. The van der Waals surface area contributed by atoms with Gasteiger partial charge in [-0.25, -0.2) is 4.98 Å². The van der Waals surface area contributed by atoms with E-state index >= 15 is 0 Å². The fourth-order valence-electron chi connectivity index (χ4n) is 1.71. The summed E-state index contributed by atoms with van der Waals surface area (Å²) < 4.78 is 0. The van der Waals surface area contributed by atoms with Gasteiger partial charge < -0.3 is 15.1 Å². The second-order valence-electron chi connectivity index (χ2n) is 4.03. The molecule has 1 heterocycles. The molecule has 1 aliphatic carbocycles. The van der Waals surface area contributed by atoms with Crippen LogP contribution in [0.4, 0.5) is 0 Å². The predicted octanol–water partition coefficient (Wildman–Crippen LogP) is 1.80. The fourth-order valence-corrected chi connectivity index (χ4v) is 1.71. The average molecular weight is 219 g/mol. The van der Waals surface area contributed by atoms with Crippen LogP contribution in [-0.4, -0.2) is 34.2 Å². The van der Waals surface area contributed by atoms with E-state index in [1.807, 2.05) is 25.2 Å². The molecule has 0 bridgehead atoms. The third kappa shape index (κ3) is 2.00. The van der Waals surface area contributed by atoms with Crippen LogP contribution in [0.25, 0.3) is 6.08 Å². The third-order valence-corrected chi connectivity index (χ3v) is 2.39. The zero-order valence-electron chi connectivity index (χ0n) is 10.3. The van der Waals surface area contributed by atoms with Crippen LogP contribution in [0, 0.1) is 0 Å². The lowest BCUT2D eigenvalue weighted by Crippen LogP contribution is -2.10. The molecule has 4 heteroatoms. The van der Waals surface area contributed by atoms with E-state index in [1.165, 1.54) is 6.07 Å². The lowest BCUT2D eigenvalue weighted by atomic mass is 9.97. The summed E-state index contributed by atoms with van der Waals surface area (Å²) in [5.74, 6) is 0.270. The molecule has 16 heavy (non-hydrogen) atoms. The van der Waals surface area contributed by atoms with Crippen LogP contribution < -0.4 is 0 Å². The summed E-state index contributed by atoms with van der Waals surface area (Å²) in [6, 6.07) is 3.27. The number of nitrogens with zero attached hydrogens (tertiary/aromatic N) is 2. The molecule has 0 spiro atoms. The zero-order valence-corrected chi connectivity index (χ0v) is 9.31. The summed E-state index contributed by atoms with van der Waals surface area (Å²) in [6.07, 6.45) is 4.05. The molecule has 84 valence electrons. The molecule has 0 amide bonds. The molecule has 0 saturated heterocycles. The molecule has 0 saturated carbocycles. The highest BCUT2D eigenvalue weighted by molar-refractivity contribution is 5.63. The van der Waals surface area contributed by atoms with E-state index in [9.17, 15) is 10.2 Å². The Morgan fingerprint density at radius 2 is 2.12 bits per heavy atom. The van der Waals surface area contributed by atoms with Gasteiger partial charge in [0.1, 0.15) is 5.76 Å². The summed E-state index contributed by atoms with van der Waals surface area (Å²) in [5.41, 5.74) is 2.44. The monoisotopic (exact) mass is 219 g/mol. The number of aliphatic hydroxyl groups excluding tert-OH is 1. The smallest absolute Gasteiger partial charge is 0.508 e. The second-order valence-corrected chi connectivity index (χ2v) is 4.03. The van der Waals surface area contributed by atoms with E-state index < -0.39 is 0 Å². The first-order valence-electron chi connectivity index (χ1n) is 5.03. The van der Waals surface area contributed by atoms with Crippen LogP contribution in [0.3, 0.4) is 0 Å². The summed E-state index contributed by atoms with van der Waals surface area (Å²) in [5, 5.41) is 19.1. The Morgan fingerprint density at radius 1 is 1.38 bits per heavy atom. The highest BCUT2D eigenvalue weighted by atomic mass is 16.3. The Morgan fingerprint density at radius 3 is 2.81 bits per heavy atom. The van der Waals surface area contributed by atoms with Gasteiger partial charge in [0.15, 0.2) is 0 Å². The first kappa shape index (κ1) is 10.5. The van der Waals surface area contributed by atoms with Crippen molar-refractivity contribution in [2.45, 2.75) is 6.42 Å². The first-order chi connectivity index (χ1) is 7.56. The second kappa shape index (κ2) is 3.89. The van der Waals surface area contributed by atoms with Crippen LogP contribution in [-0.2, 0) is 6.42 Å². The van der Waals surface area contributed by atoms with Gasteiger partial charge in [-0.1, -0.05) is 0 Å². The van der Waals surface area contributed by atoms with Gasteiger partial charge in [-0.05, 0) is 12.1 Å². The molecule has 0 radical (unpaired) electrons. The number of aliphatic hydroxyl groups is 1. The molecule has 1 aromatic rings. The van der Waals surface area contributed by atoms with Gasteiger partial charge in [0.25, 0.3) is 0 Å². The van der Waals surface area contributed by atoms with Gasteiger partial charge in [-0.15, -0.1) is 0 Å². The van der Waals surface area contributed by atoms with Gasteiger partial charge in [-0.3, -0.25) is 0 Å². The van der Waals surface area contributed by atoms with E-state index in [0.29, 0.717) is 6.42 Å². The van der Waals surface area contributed by atoms with Crippen molar-refractivity contribution in [2.75, 3.05) is 14.1 Å². The van der Waals surface area contributed by atoms with Crippen molar-refractivity contribution < 1.29 is 11.6 Å². The van der Waals surface area contributed by atoms with Crippen molar-refractivity contribution in [1.29, 1.82) is 0 Å². The molecule has 0 atom stereocenters. The third-order valence-electron chi connectivity index (χ3n) is 2.39. The number of rotatable bonds is 1. The van der Waals surface area contributed by atoms with Crippen molar-refractivity contribution in [3.8, 4) is 5.88 Å². The van der Waals surface area contributed by atoms with Crippen LogP contribution in [0.15, 0.2) is 29.7 Å². The lowest BCUT2D eigenvalue weighted by Gasteiger charge is -2.17. The van der Waals surface area contributed by atoms with Crippen molar-refractivity contribution in [3.63, 3.8) is 0 Å². The number of aromatic nitrogens is 1. The molecular weight excluding hydrogens is 204 g/mol. The van der Waals surface area contributed by atoms with Crippen molar-refractivity contribution >= 4 is 6.08 Å². The van der Waals surface area contributed by atoms with Gasteiger partial charge in [0.2, 0.25) is 5.88 Å². The van der Waals surface area contributed by atoms with E-state index in [2.05, 4.69) is 4.98 Å². The SMILES string of the molecule is CN(C)/C=C1\Cc2nc(O)ccc2C=C1O.[H+]. The van der Waals surface area contributed by atoms with Gasteiger partial charge in [0.05, 0.1) is 5.69 Å². The number of hydrogen-bond acceptors (Lipinski definition) is 4. The van der Waals surface area contributed by atoms with Crippen LogP contribution in [0.5, 0.6) is 5.88 Å². The van der Waals surface area contributed by atoms with Crippen LogP contribution >= 0.6 is 0 Å². The molecule has 1 aromatic heterocycles. The maximum absolute atomic E-state index is 9.81. The Kier molecular flexibility index (Phi) is 2.56. The minimum absolute atomic E-state index is 0. The molecule has 0 unspecified atom stereocenters. The maximum atomic E-state index is 9.81. The van der Waals surface area contributed by atoms with Gasteiger partial charge in [0, 0.05) is 43.9 Å². The summed E-state index contributed by atoms with van der Waals surface area (Å²) in [7, 11) is 3.79. The van der Waals surface area contributed by atoms with E-state index in [4.69, 9.17) is 0 Å². The van der Waals surface area contributed by atoms with Crippen molar-refractivity contribution in [2.24, 2.45) is 0 Å². The number of allylic oxidation sites excluding steroid dienone is 1. The largest absolute Gasteiger partial charge is 1.00 e. The molecule has 0 fully saturated rings. The molecular formula is C12H15N2O2+. The lowest BCUT2D eigenvalue weighted by molar-refractivity contribution is 0.417. The fraction of sp³-hybridized carbons (Fsp3) is 0.250. The molecule has 2 N–H and O–H groups in total. The Labute approximate surface area is 95.7 Å². The quantitative estimate of drug-likeness (QED) is 0.756. The van der Waals surface area contributed by atoms with Gasteiger partial charge >= 0.3 is 1.43 Å². The topological polar surface area (TPSA) is 56.6 Å². The number of pyridine rings is 1. The Hall–Kier alpha value is -1.97. The summed E-state index contributed by atoms with van der Waals surface area (Å²) in [6.45, 7) is 0. The van der Waals surface area contributed by atoms with Crippen molar-refractivity contribution in [1.82, 2.24) is 9.88 Å². The normalized spacial score (nSPS) is 16.9. The molecule has 4 nitrogen and oxygen atoms in total. The standard InChI is InChI=1S/C12H14N2O2/c1-14(2)7-9-5-10-8(6-11(9)15)3-4-12(16)13-10/h3-4,6-7,15H,5H2,1-2H3,(H,13,16)/p+1/b9-7+. The number of fused-ring (bicyclic) bond motifs is 1. The Balaban J connectivity index is 0.00000144. The Bertz CT molecular complexity index is 481. The van der Waals surface area contributed by atoms with E-state index in [0.717, 1.165) is 16.8 Å². The van der Waals surface area contributed by atoms with Gasteiger partial charge in [-0.2, -0.15) is 0 Å². The first-order valence-corrected chi connectivity index (χ1v) is 5.03. The zero-order chi connectivity index (χ0) is 11.7. The predicted molar refractivity (Wildman–Crippen MR) is 63.1 cm³/mol. The minimum atomic E-state index is 0. The molecule has 0 aliphatic heterocycles. The van der Waals surface area contributed by atoms with Crippen LogP contribution in [0.1, 0.15) is 12.7 Å². The van der Waals surface area contributed by atoms with E-state index in [1.54, 1.807) is 12.1 Å². The number of hydrogen-bond donors (Lipinski definition) is 2. The minimum Gasteiger partial charge on any atom is -0.508 e. The summed E-state index contributed by atoms with van der Waals surface area (Å²) >= 11 is 0.